The minimum Gasteiger partial charge on any atom is -0.437 e. The zero-order valence-corrected chi connectivity index (χ0v) is 12.3. The Labute approximate surface area is 123 Å². The number of para-hydroxylation sites is 1. The van der Waals surface area contributed by atoms with Gasteiger partial charge in [0.1, 0.15) is 11.1 Å². The first kappa shape index (κ1) is 12.9. The maximum atomic E-state index is 5.87. The SMILES string of the molecule is CCNc1nc(Oc2ccccc2Br)c2cn[nH]c2n1. The predicted octanol–water partition coefficient (Wildman–Crippen LogP) is 3.34. The molecule has 1 aromatic carbocycles. The van der Waals surface area contributed by atoms with Crippen LogP contribution in [0, 0.1) is 0 Å². The van der Waals surface area contributed by atoms with Crippen molar-refractivity contribution in [3.63, 3.8) is 0 Å². The summed E-state index contributed by atoms with van der Waals surface area (Å²) in [6.45, 7) is 2.71. The third-order valence-corrected chi connectivity index (χ3v) is 3.31. The van der Waals surface area contributed by atoms with Crippen molar-refractivity contribution in [3.05, 3.63) is 34.9 Å². The Kier molecular flexibility index (Phi) is 3.51. The van der Waals surface area contributed by atoms with E-state index >= 15 is 0 Å². The molecule has 0 unspecified atom stereocenters. The van der Waals surface area contributed by atoms with Crippen LogP contribution in [-0.2, 0) is 0 Å². The van der Waals surface area contributed by atoms with Crippen molar-refractivity contribution in [1.29, 1.82) is 0 Å². The number of benzene rings is 1. The smallest absolute Gasteiger partial charge is 0.235 e. The minimum atomic E-state index is 0.464. The van der Waals surface area contributed by atoms with Gasteiger partial charge >= 0.3 is 0 Å². The van der Waals surface area contributed by atoms with Crippen LogP contribution in [0.2, 0.25) is 0 Å². The number of aromatic nitrogens is 4. The fourth-order valence-corrected chi connectivity index (χ4v) is 2.12. The first-order valence-electron chi connectivity index (χ1n) is 6.15. The molecule has 0 amide bonds. The van der Waals surface area contributed by atoms with Crippen molar-refractivity contribution in [2.75, 3.05) is 11.9 Å². The topological polar surface area (TPSA) is 75.7 Å². The van der Waals surface area contributed by atoms with E-state index in [9.17, 15) is 0 Å². The van der Waals surface area contributed by atoms with E-state index in [1.54, 1.807) is 6.20 Å². The van der Waals surface area contributed by atoms with E-state index in [1.807, 2.05) is 31.2 Å². The lowest BCUT2D eigenvalue weighted by molar-refractivity contribution is 0.466. The van der Waals surface area contributed by atoms with Crippen LogP contribution in [-0.4, -0.2) is 26.7 Å². The number of H-pyrrole nitrogens is 1. The van der Waals surface area contributed by atoms with E-state index < -0.39 is 0 Å². The average Bonchev–Trinajstić information content (AvgIpc) is 2.90. The summed E-state index contributed by atoms with van der Waals surface area (Å²) in [5, 5.41) is 10.6. The molecule has 2 N–H and O–H groups in total. The zero-order valence-electron chi connectivity index (χ0n) is 10.7. The van der Waals surface area contributed by atoms with Gasteiger partial charge in [-0.05, 0) is 35.0 Å². The molecule has 0 atom stereocenters. The van der Waals surface area contributed by atoms with E-state index in [2.05, 4.69) is 41.4 Å². The molecule has 6 nitrogen and oxygen atoms in total. The van der Waals surface area contributed by atoms with Crippen LogP contribution >= 0.6 is 15.9 Å². The minimum absolute atomic E-state index is 0.464. The highest BCUT2D eigenvalue weighted by molar-refractivity contribution is 9.10. The molecular formula is C13H12BrN5O. The second-order valence-electron chi connectivity index (χ2n) is 4.05. The highest BCUT2D eigenvalue weighted by atomic mass is 79.9. The summed E-state index contributed by atoms with van der Waals surface area (Å²) in [6.07, 6.45) is 1.65. The molecule has 2 heterocycles. The Bertz CT molecular complexity index is 742. The number of nitrogens with one attached hydrogen (secondary N) is 2. The van der Waals surface area contributed by atoms with E-state index in [1.165, 1.54) is 0 Å². The number of ether oxygens (including phenoxy) is 1. The molecule has 0 aliphatic heterocycles. The number of aromatic amines is 1. The van der Waals surface area contributed by atoms with Gasteiger partial charge in [0.15, 0.2) is 5.65 Å². The summed E-state index contributed by atoms with van der Waals surface area (Å²) in [6, 6.07) is 7.60. The van der Waals surface area contributed by atoms with E-state index in [0.29, 0.717) is 23.2 Å². The molecule has 102 valence electrons. The standard InChI is InChI=1S/C13H12BrN5O/c1-2-15-13-17-11-8(7-16-19-11)12(18-13)20-10-6-4-3-5-9(10)14/h3-7H,2H2,1H3,(H2,15,16,17,18,19). The predicted molar refractivity (Wildman–Crippen MR) is 80.1 cm³/mol. The molecule has 20 heavy (non-hydrogen) atoms. The maximum Gasteiger partial charge on any atom is 0.235 e. The van der Waals surface area contributed by atoms with Crippen molar-refractivity contribution in [2.24, 2.45) is 0 Å². The largest absolute Gasteiger partial charge is 0.437 e. The number of nitrogens with zero attached hydrogens (tertiary/aromatic N) is 3. The fraction of sp³-hybridized carbons (Fsp3) is 0.154. The third-order valence-electron chi connectivity index (χ3n) is 2.65. The number of hydrogen-bond donors (Lipinski definition) is 2. The van der Waals surface area contributed by atoms with Gasteiger partial charge in [-0.1, -0.05) is 12.1 Å². The van der Waals surface area contributed by atoms with Gasteiger partial charge in [-0.2, -0.15) is 15.1 Å². The normalized spacial score (nSPS) is 10.7. The van der Waals surface area contributed by atoms with Crippen molar-refractivity contribution < 1.29 is 4.74 Å². The molecule has 2 aromatic heterocycles. The summed E-state index contributed by atoms with van der Waals surface area (Å²) >= 11 is 3.45. The van der Waals surface area contributed by atoms with Crippen LogP contribution in [0.4, 0.5) is 5.95 Å². The number of hydrogen-bond acceptors (Lipinski definition) is 5. The van der Waals surface area contributed by atoms with Gasteiger partial charge < -0.3 is 10.1 Å². The molecule has 0 aliphatic rings. The summed E-state index contributed by atoms with van der Waals surface area (Å²) in [4.78, 5) is 8.69. The monoisotopic (exact) mass is 333 g/mol. The van der Waals surface area contributed by atoms with Gasteiger partial charge in [-0.15, -0.1) is 0 Å². The van der Waals surface area contributed by atoms with E-state index in [4.69, 9.17) is 4.74 Å². The van der Waals surface area contributed by atoms with Crippen LogP contribution in [0.3, 0.4) is 0 Å². The van der Waals surface area contributed by atoms with Crippen LogP contribution in [0.1, 0.15) is 6.92 Å². The Morgan fingerprint density at radius 3 is 2.95 bits per heavy atom. The van der Waals surface area contributed by atoms with Crippen LogP contribution in [0.25, 0.3) is 11.0 Å². The van der Waals surface area contributed by atoms with Gasteiger partial charge in [0.25, 0.3) is 0 Å². The molecule has 3 aromatic rings. The number of rotatable bonds is 4. The highest BCUT2D eigenvalue weighted by Gasteiger charge is 2.12. The number of halogens is 1. The molecule has 0 bridgehead atoms. The Hall–Kier alpha value is -2.15. The molecule has 0 radical (unpaired) electrons. The fourth-order valence-electron chi connectivity index (χ4n) is 1.76. The molecule has 7 heteroatoms. The molecule has 0 aliphatic carbocycles. The highest BCUT2D eigenvalue weighted by Crippen LogP contribution is 2.31. The summed E-state index contributed by atoms with van der Waals surface area (Å²) < 4.78 is 6.73. The molecular weight excluding hydrogens is 322 g/mol. The van der Waals surface area contributed by atoms with Gasteiger partial charge in [0.05, 0.1) is 10.7 Å². The first-order valence-corrected chi connectivity index (χ1v) is 6.94. The molecule has 0 saturated carbocycles. The van der Waals surface area contributed by atoms with Crippen molar-refractivity contribution >= 4 is 32.9 Å². The Morgan fingerprint density at radius 2 is 2.15 bits per heavy atom. The lowest BCUT2D eigenvalue weighted by atomic mass is 10.3. The van der Waals surface area contributed by atoms with E-state index in [0.717, 1.165) is 16.4 Å². The van der Waals surface area contributed by atoms with Gasteiger partial charge in [0.2, 0.25) is 11.8 Å². The summed E-state index contributed by atoms with van der Waals surface area (Å²) in [5.41, 5.74) is 0.637. The lowest BCUT2D eigenvalue weighted by Crippen LogP contribution is -2.03. The van der Waals surface area contributed by atoms with Crippen molar-refractivity contribution in [2.45, 2.75) is 6.92 Å². The van der Waals surface area contributed by atoms with Gasteiger partial charge in [-0.3, -0.25) is 5.10 Å². The summed E-state index contributed by atoms with van der Waals surface area (Å²) in [5.74, 6) is 1.66. The van der Waals surface area contributed by atoms with Gasteiger partial charge in [-0.25, -0.2) is 0 Å². The molecule has 0 saturated heterocycles. The summed E-state index contributed by atoms with van der Waals surface area (Å²) in [7, 11) is 0. The molecule has 0 spiro atoms. The van der Waals surface area contributed by atoms with E-state index in [-0.39, 0.29) is 0 Å². The number of anilines is 1. The average molecular weight is 334 g/mol. The molecule has 0 fully saturated rings. The maximum absolute atomic E-state index is 5.87. The third kappa shape index (κ3) is 2.44. The van der Waals surface area contributed by atoms with Crippen LogP contribution in [0.15, 0.2) is 34.9 Å². The lowest BCUT2D eigenvalue weighted by Gasteiger charge is -2.09. The Morgan fingerprint density at radius 1 is 1.30 bits per heavy atom. The van der Waals surface area contributed by atoms with Crippen molar-refractivity contribution in [1.82, 2.24) is 20.2 Å². The number of fused-ring (bicyclic) bond motifs is 1. The Balaban J connectivity index is 2.05. The van der Waals surface area contributed by atoms with Crippen molar-refractivity contribution in [3.8, 4) is 11.6 Å². The van der Waals surface area contributed by atoms with Gasteiger partial charge in [0, 0.05) is 6.54 Å². The molecule has 3 rings (SSSR count). The second kappa shape index (κ2) is 5.46. The zero-order chi connectivity index (χ0) is 13.9. The quantitative estimate of drug-likeness (QED) is 0.765. The van der Waals surface area contributed by atoms with Crippen LogP contribution in [0.5, 0.6) is 11.6 Å². The second-order valence-corrected chi connectivity index (χ2v) is 4.90. The van der Waals surface area contributed by atoms with Crippen LogP contribution < -0.4 is 10.1 Å². The first-order chi connectivity index (χ1) is 9.78.